The van der Waals surface area contributed by atoms with Gasteiger partial charge >= 0.3 is 0 Å². The third kappa shape index (κ3) is 6.07. The van der Waals surface area contributed by atoms with Crippen LogP contribution >= 0.6 is 22.6 Å². The molecule has 6 nitrogen and oxygen atoms in total. The Morgan fingerprint density at radius 3 is 2.75 bits per heavy atom. The molecule has 124 valence electrons. The molecule has 0 aliphatic heterocycles. The number of benzene rings is 1. The second kappa shape index (κ2) is 9.11. The molecule has 0 saturated carbocycles. The summed E-state index contributed by atoms with van der Waals surface area (Å²) in [4.78, 5) is 27.5. The van der Waals surface area contributed by atoms with Crippen molar-refractivity contribution in [2.45, 2.75) is 19.8 Å². The van der Waals surface area contributed by atoms with E-state index < -0.39 is 0 Å². The maximum atomic E-state index is 11.9. The molecule has 2 N–H and O–H groups in total. The zero-order chi connectivity index (χ0) is 17.4. The minimum atomic E-state index is -0.315. The second-order valence-corrected chi connectivity index (χ2v) is 6.33. The van der Waals surface area contributed by atoms with Crippen molar-refractivity contribution in [1.29, 1.82) is 0 Å². The van der Waals surface area contributed by atoms with E-state index in [0.29, 0.717) is 0 Å². The van der Waals surface area contributed by atoms with Crippen LogP contribution in [0, 0.1) is 10.5 Å². The van der Waals surface area contributed by atoms with Crippen LogP contribution in [0.25, 0.3) is 0 Å². The average Bonchev–Trinajstić information content (AvgIpc) is 2.56. The summed E-state index contributed by atoms with van der Waals surface area (Å²) in [5, 5.41) is 6.64. The molecule has 0 spiro atoms. The molecule has 1 aromatic heterocycles. The van der Waals surface area contributed by atoms with Crippen LogP contribution in [0.2, 0.25) is 0 Å². The van der Waals surface area contributed by atoms with Gasteiger partial charge < -0.3 is 5.32 Å². The number of amides is 2. The fraction of sp³-hybridized carbons (Fsp3) is 0.176. The average molecular weight is 436 g/mol. The zero-order valence-corrected chi connectivity index (χ0v) is 15.3. The van der Waals surface area contributed by atoms with E-state index in [1.807, 2.05) is 31.2 Å². The summed E-state index contributed by atoms with van der Waals surface area (Å²) in [5.41, 5.74) is 4.92. The molecule has 0 aliphatic rings. The predicted octanol–water partition coefficient (Wildman–Crippen LogP) is 2.86. The van der Waals surface area contributed by atoms with Gasteiger partial charge in [-0.15, -0.1) is 0 Å². The van der Waals surface area contributed by atoms with Crippen LogP contribution in [0.4, 0.5) is 5.69 Å². The molecule has 0 radical (unpaired) electrons. The van der Waals surface area contributed by atoms with E-state index >= 15 is 0 Å². The van der Waals surface area contributed by atoms with Gasteiger partial charge in [-0.3, -0.25) is 14.6 Å². The topological polar surface area (TPSA) is 83.5 Å². The monoisotopic (exact) mass is 436 g/mol. The Morgan fingerprint density at radius 1 is 1.25 bits per heavy atom. The molecule has 0 atom stereocenters. The largest absolute Gasteiger partial charge is 0.326 e. The molecule has 1 heterocycles. The molecule has 0 bridgehead atoms. The van der Waals surface area contributed by atoms with Crippen molar-refractivity contribution in [3.8, 4) is 0 Å². The standard InChI is InChI=1S/C17H17IN4O2/c1-12-9-14(18)4-5-15(12)21-16(23)6-7-17(24)22-20-11-13-3-2-8-19-10-13/h2-5,8-11H,6-7H2,1H3,(H,21,23)(H,22,24). The summed E-state index contributed by atoms with van der Waals surface area (Å²) in [5.74, 6) is -0.518. The van der Waals surface area contributed by atoms with Crippen molar-refractivity contribution in [2.75, 3.05) is 5.32 Å². The molecule has 0 aliphatic carbocycles. The van der Waals surface area contributed by atoms with Gasteiger partial charge in [-0.05, 0) is 59.3 Å². The SMILES string of the molecule is Cc1cc(I)ccc1NC(=O)CCC(=O)NN=Cc1cccnc1. The number of aryl methyl sites for hydroxylation is 1. The minimum absolute atomic E-state index is 0.0691. The minimum Gasteiger partial charge on any atom is -0.326 e. The maximum Gasteiger partial charge on any atom is 0.240 e. The number of rotatable bonds is 6. The molecule has 0 unspecified atom stereocenters. The lowest BCUT2D eigenvalue weighted by Crippen LogP contribution is -2.20. The Balaban J connectivity index is 1.75. The van der Waals surface area contributed by atoms with Gasteiger partial charge in [-0.25, -0.2) is 5.43 Å². The molecule has 2 aromatic rings. The van der Waals surface area contributed by atoms with Gasteiger partial charge in [0.2, 0.25) is 11.8 Å². The quantitative estimate of drug-likeness (QED) is 0.415. The van der Waals surface area contributed by atoms with E-state index in [-0.39, 0.29) is 24.7 Å². The Morgan fingerprint density at radius 2 is 2.04 bits per heavy atom. The molecule has 1 aromatic carbocycles. The van der Waals surface area contributed by atoms with Crippen LogP contribution < -0.4 is 10.7 Å². The van der Waals surface area contributed by atoms with Gasteiger partial charge in [0.25, 0.3) is 0 Å². The number of carbonyl (C=O) groups excluding carboxylic acids is 2. The lowest BCUT2D eigenvalue weighted by molar-refractivity contribution is -0.124. The van der Waals surface area contributed by atoms with E-state index in [0.717, 1.165) is 20.4 Å². The van der Waals surface area contributed by atoms with Gasteiger partial charge in [-0.2, -0.15) is 5.10 Å². The summed E-state index contributed by atoms with van der Waals surface area (Å²) >= 11 is 2.22. The van der Waals surface area contributed by atoms with Gasteiger partial charge in [0.15, 0.2) is 0 Å². The number of carbonyl (C=O) groups is 2. The first kappa shape index (κ1) is 18.1. The van der Waals surface area contributed by atoms with Crippen LogP contribution in [0.5, 0.6) is 0 Å². The first-order valence-electron chi connectivity index (χ1n) is 7.32. The van der Waals surface area contributed by atoms with E-state index in [4.69, 9.17) is 0 Å². The number of nitrogens with zero attached hydrogens (tertiary/aromatic N) is 2. The van der Waals surface area contributed by atoms with Crippen molar-refractivity contribution in [1.82, 2.24) is 10.4 Å². The summed E-state index contributed by atoms with van der Waals surface area (Å²) < 4.78 is 1.11. The van der Waals surface area contributed by atoms with Crippen LogP contribution in [-0.4, -0.2) is 23.0 Å². The molecule has 2 rings (SSSR count). The third-order valence-electron chi connectivity index (χ3n) is 3.13. The Hall–Kier alpha value is -2.29. The Bertz CT molecular complexity index is 748. The molecule has 24 heavy (non-hydrogen) atoms. The van der Waals surface area contributed by atoms with Gasteiger partial charge in [0.05, 0.1) is 6.21 Å². The molecule has 7 heteroatoms. The highest BCUT2D eigenvalue weighted by molar-refractivity contribution is 14.1. The van der Waals surface area contributed by atoms with Crippen molar-refractivity contribution in [2.24, 2.45) is 5.10 Å². The van der Waals surface area contributed by atoms with Crippen molar-refractivity contribution in [3.63, 3.8) is 0 Å². The number of aromatic nitrogens is 1. The van der Waals surface area contributed by atoms with E-state index in [2.05, 4.69) is 43.4 Å². The molecule has 0 fully saturated rings. The lowest BCUT2D eigenvalue weighted by Gasteiger charge is -2.08. The third-order valence-corrected chi connectivity index (χ3v) is 3.80. The Kier molecular flexibility index (Phi) is 6.86. The lowest BCUT2D eigenvalue weighted by atomic mass is 10.2. The van der Waals surface area contributed by atoms with Gasteiger partial charge in [0.1, 0.15) is 0 Å². The smallest absolute Gasteiger partial charge is 0.240 e. The summed E-state index contributed by atoms with van der Waals surface area (Å²) in [6.07, 6.45) is 4.95. The van der Waals surface area contributed by atoms with Gasteiger partial charge in [0, 0.05) is 40.1 Å². The first-order chi connectivity index (χ1) is 11.5. The van der Waals surface area contributed by atoms with E-state index in [9.17, 15) is 9.59 Å². The van der Waals surface area contributed by atoms with E-state index in [1.165, 1.54) is 6.21 Å². The molecule has 0 saturated heterocycles. The molecule has 2 amide bonds. The summed E-state index contributed by atoms with van der Waals surface area (Å²) in [6, 6.07) is 9.35. The van der Waals surface area contributed by atoms with Crippen molar-refractivity contribution in [3.05, 3.63) is 57.4 Å². The van der Waals surface area contributed by atoms with Crippen molar-refractivity contribution < 1.29 is 9.59 Å². The number of nitrogens with one attached hydrogen (secondary N) is 2. The molecular weight excluding hydrogens is 419 g/mol. The number of hydrazone groups is 1. The van der Waals surface area contributed by atoms with Crippen LogP contribution in [-0.2, 0) is 9.59 Å². The predicted molar refractivity (Wildman–Crippen MR) is 102 cm³/mol. The second-order valence-electron chi connectivity index (χ2n) is 5.09. The maximum absolute atomic E-state index is 11.9. The number of anilines is 1. The highest BCUT2D eigenvalue weighted by Crippen LogP contribution is 2.17. The Labute approximate surface area is 153 Å². The van der Waals surface area contributed by atoms with Crippen LogP contribution in [0.3, 0.4) is 0 Å². The summed E-state index contributed by atoms with van der Waals surface area (Å²) in [7, 11) is 0. The highest BCUT2D eigenvalue weighted by Gasteiger charge is 2.08. The number of pyridine rings is 1. The first-order valence-corrected chi connectivity index (χ1v) is 8.40. The van der Waals surface area contributed by atoms with Crippen LogP contribution in [0.15, 0.2) is 47.8 Å². The van der Waals surface area contributed by atoms with E-state index in [1.54, 1.807) is 18.5 Å². The number of halogens is 1. The van der Waals surface area contributed by atoms with Gasteiger partial charge in [-0.1, -0.05) is 6.07 Å². The highest BCUT2D eigenvalue weighted by atomic mass is 127. The fourth-order valence-corrected chi connectivity index (χ4v) is 2.54. The fourth-order valence-electron chi connectivity index (χ4n) is 1.89. The van der Waals surface area contributed by atoms with Crippen molar-refractivity contribution >= 4 is 46.3 Å². The normalized spacial score (nSPS) is 10.6. The zero-order valence-electron chi connectivity index (χ0n) is 13.1. The summed E-state index contributed by atoms with van der Waals surface area (Å²) in [6.45, 7) is 1.93. The number of hydrogen-bond acceptors (Lipinski definition) is 4. The molecular formula is C17H17IN4O2. The number of hydrogen-bond donors (Lipinski definition) is 2. The van der Waals surface area contributed by atoms with Crippen LogP contribution in [0.1, 0.15) is 24.0 Å².